The summed E-state index contributed by atoms with van der Waals surface area (Å²) < 4.78 is 4.31. The number of ether oxygens (including phenoxy) is 1. The van der Waals surface area contributed by atoms with Crippen molar-refractivity contribution in [3.8, 4) is 0 Å². The first-order valence-electron chi connectivity index (χ1n) is 8.01. The number of carbonyl (C=O) groups is 1. The summed E-state index contributed by atoms with van der Waals surface area (Å²) >= 11 is 0. The highest BCUT2D eigenvalue weighted by atomic mass is 16.6. The van der Waals surface area contributed by atoms with E-state index in [1.54, 1.807) is 24.3 Å². The van der Waals surface area contributed by atoms with E-state index in [4.69, 9.17) is 5.11 Å². The molecule has 0 aliphatic carbocycles. The molecule has 0 radical (unpaired) electrons. The minimum absolute atomic E-state index is 0.610. The van der Waals surface area contributed by atoms with Gasteiger partial charge in [-0.1, -0.05) is 48.6 Å². The van der Waals surface area contributed by atoms with Crippen LogP contribution in [0.1, 0.15) is 25.0 Å². The number of aliphatic hydroxyl groups excluding tert-OH is 1. The van der Waals surface area contributed by atoms with Crippen molar-refractivity contribution in [2.75, 3.05) is 12.1 Å². The zero-order valence-electron chi connectivity index (χ0n) is 15.4. The lowest BCUT2D eigenvalue weighted by Gasteiger charge is -2.05. The molecule has 0 aliphatic heterocycles. The summed E-state index contributed by atoms with van der Waals surface area (Å²) in [5, 5.41) is 10.8. The van der Waals surface area contributed by atoms with Gasteiger partial charge in [0.1, 0.15) is 0 Å². The number of benzene rings is 2. The second-order valence-corrected chi connectivity index (χ2v) is 5.57. The van der Waals surface area contributed by atoms with Gasteiger partial charge >= 0.3 is 6.09 Å². The van der Waals surface area contributed by atoms with Gasteiger partial charge in [-0.3, -0.25) is 5.32 Å². The van der Waals surface area contributed by atoms with Crippen LogP contribution in [0.15, 0.2) is 66.7 Å². The molecule has 6 heteroatoms. The Morgan fingerprint density at radius 1 is 1.04 bits per heavy atom. The summed E-state index contributed by atoms with van der Waals surface area (Å²) in [6, 6.07) is 14.4. The fourth-order valence-corrected chi connectivity index (χ4v) is 1.92. The Hall–Kier alpha value is -3.47. The first-order valence-corrected chi connectivity index (χ1v) is 8.01. The van der Waals surface area contributed by atoms with Gasteiger partial charge in [-0.2, -0.15) is 4.99 Å². The van der Waals surface area contributed by atoms with E-state index in [0.717, 1.165) is 22.3 Å². The molecule has 2 aromatic rings. The van der Waals surface area contributed by atoms with Crippen LogP contribution in [0.5, 0.6) is 0 Å². The maximum atomic E-state index is 10.9. The van der Waals surface area contributed by atoms with Crippen molar-refractivity contribution in [2.45, 2.75) is 13.8 Å². The summed E-state index contributed by atoms with van der Waals surface area (Å²) in [6.07, 6.45) is 0.805. The summed E-state index contributed by atoms with van der Waals surface area (Å²) in [7, 11) is 0. The molecule has 6 nitrogen and oxygen atoms in total. The van der Waals surface area contributed by atoms with Gasteiger partial charge in [-0.15, -0.1) is 0 Å². The minimum Gasteiger partial charge on any atom is -0.422 e. The number of carbonyl (C=O) groups excluding carboxylic acids is 2. The van der Waals surface area contributed by atoms with Gasteiger partial charge in [-0.25, -0.2) is 9.59 Å². The SMILES string of the molecule is C=C(C)c1ccc(N=C=O)cc1.C=C(C)c1ccc(NC(=O)OCO)cc1. The minimum atomic E-state index is -0.680. The molecule has 0 fully saturated rings. The number of hydrogen-bond donors (Lipinski definition) is 2. The van der Waals surface area contributed by atoms with Crippen molar-refractivity contribution in [1.82, 2.24) is 0 Å². The third-order valence-electron chi connectivity index (χ3n) is 3.35. The Kier molecular flexibility index (Phi) is 8.95. The highest BCUT2D eigenvalue weighted by Crippen LogP contribution is 2.17. The highest BCUT2D eigenvalue weighted by Gasteiger charge is 2.01. The number of allylic oxidation sites excluding steroid dienone is 2. The molecule has 2 aromatic carbocycles. The van der Waals surface area contributed by atoms with Gasteiger partial charge in [0.2, 0.25) is 6.08 Å². The lowest BCUT2D eigenvalue weighted by atomic mass is 10.1. The number of aliphatic imine (C=N–C) groups is 1. The Balaban J connectivity index is 0.000000277. The normalized spacial score (nSPS) is 9.15. The van der Waals surface area contributed by atoms with Crippen LogP contribution < -0.4 is 5.32 Å². The number of anilines is 1. The van der Waals surface area contributed by atoms with E-state index < -0.39 is 12.9 Å². The maximum Gasteiger partial charge on any atom is 0.413 e. The van der Waals surface area contributed by atoms with Crippen LogP contribution >= 0.6 is 0 Å². The predicted octanol–water partition coefficient (Wildman–Crippen LogP) is 4.91. The van der Waals surface area contributed by atoms with Gasteiger partial charge in [0.25, 0.3) is 0 Å². The van der Waals surface area contributed by atoms with E-state index in [9.17, 15) is 9.59 Å². The van der Waals surface area contributed by atoms with Crippen LogP contribution in [0, 0.1) is 0 Å². The smallest absolute Gasteiger partial charge is 0.413 e. The second kappa shape index (κ2) is 11.2. The number of aliphatic hydroxyl groups is 1. The van der Waals surface area contributed by atoms with Crippen molar-refractivity contribution in [1.29, 1.82) is 0 Å². The number of nitrogens with zero attached hydrogens (tertiary/aromatic N) is 1. The van der Waals surface area contributed by atoms with Crippen LogP contribution in [-0.4, -0.2) is 24.1 Å². The molecule has 0 unspecified atom stereocenters. The molecule has 0 saturated carbocycles. The second-order valence-electron chi connectivity index (χ2n) is 5.57. The van der Waals surface area contributed by atoms with E-state index in [1.807, 2.05) is 38.1 Å². The molecule has 0 aliphatic rings. The van der Waals surface area contributed by atoms with Gasteiger partial charge in [0.05, 0.1) is 5.69 Å². The molecule has 0 bridgehead atoms. The molecule has 0 spiro atoms. The molecule has 27 heavy (non-hydrogen) atoms. The summed E-state index contributed by atoms with van der Waals surface area (Å²) in [4.78, 5) is 24.3. The van der Waals surface area contributed by atoms with E-state index in [1.165, 1.54) is 6.08 Å². The summed E-state index contributed by atoms with van der Waals surface area (Å²) in [6.45, 7) is 10.8. The third-order valence-corrected chi connectivity index (χ3v) is 3.35. The fraction of sp³-hybridized carbons (Fsp3) is 0.143. The fourth-order valence-electron chi connectivity index (χ4n) is 1.92. The molecule has 0 atom stereocenters. The Morgan fingerprint density at radius 3 is 1.93 bits per heavy atom. The molecule has 2 rings (SSSR count). The molecule has 140 valence electrons. The monoisotopic (exact) mass is 366 g/mol. The topological polar surface area (TPSA) is 88.0 Å². The maximum absolute atomic E-state index is 10.9. The standard InChI is InChI=1S/C11H13NO3.C10H9NO/c1-8(2)9-3-5-10(6-4-9)12-11(14)15-7-13;1-8(2)9-3-5-10(6-4-9)11-7-12/h3-6,13H,1,7H2,2H3,(H,12,14);3-6H,1H2,2H3. The van der Waals surface area contributed by atoms with Gasteiger partial charge in [0, 0.05) is 5.69 Å². The van der Waals surface area contributed by atoms with E-state index in [2.05, 4.69) is 28.2 Å². The number of isocyanates is 1. The molecule has 0 saturated heterocycles. The van der Waals surface area contributed by atoms with Crippen LogP contribution in [-0.2, 0) is 9.53 Å². The van der Waals surface area contributed by atoms with E-state index >= 15 is 0 Å². The van der Waals surface area contributed by atoms with Crippen molar-refractivity contribution < 1.29 is 19.4 Å². The lowest BCUT2D eigenvalue weighted by molar-refractivity contribution is 0.0528. The average molecular weight is 366 g/mol. The Morgan fingerprint density at radius 2 is 1.52 bits per heavy atom. The van der Waals surface area contributed by atoms with Crippen molar-refractivity contribution in [2.24, 2.45) is 4.99 Å². The van der Waals surface area contributed by atoms with Gasteiger partial charge < -0.3 is 9.84 Å². The number of amides is 1. The number of rotatable bonds is 5. The third kappa shape index (κ3) is 7.96. The van der Waals surface area contributed by atoms with Crippen molar-refractivity contribution in [3.63, 3.8) is 0 Å². The molecule has 0 heterocycles. The Bertz CT molecular complexity index is 812. The quantitative estimate of drug-likeness (QED) is 0.447. The highest BCUT2D eigenvalue weighted by molar-refractivity contribution is 5.84. The van der Waals surface area contributed by atoms with Crippen LogP contribution in [0.25, 0.3) is 11.1 Å². The zero-order valence-corrected chi connectivity index (χ0v) is 15.4. The number of nitrogens with one attached hydrogen (secondary N) is 1. The van der Waals surface area contributed by atoms with Crippen LogP contribution in [0.2, 0.25) is 0 Å². The first-order chi connectivity index (χ1) is 12.9. The van der Waals surface area contributed by atoms with Crippen LogP contribution in [0.4, 0.5) is 16.2 Å². The van der Waals surface area contributed by atoms with Gasteiger partial charge in [0.15, 0.2) is 6.79 Å². The molecule has 1 amide bonds. The molecule has 2 N–H and O–H groups in total. The molecule has 0 aromatic heterocycles. The number of hydrogen-bond acceptors (Lipinski definition) is 5. The predicted molar refractivity (Wildman–Crippen MR) is 107 cm³/mol. The van der Waals surface area contributed by atoms with E-state index in [0.29, 0.717) is 11.4 Å². The summed E-state index contributed by atoms with van der Waals surface area (Å²) in [5.74, 6) is 0. The summed E-state index contributed by atoms with van der Waals surface area (Å²) in [5.41, 5.74) is 5.25. The van der Waals surface area contributed by atoms with E-state index in [-0.39, 0.29) is 0 Å². The Labute approximate surface area is 158 Å². The van der Waals surface area contributed by atoms with Crippen LogP contribution in [0.3, 0.4) is 0 Å². The lowest BCUT2D eigenvalue weighted by Crippen LogP contribution is -2.13. The average Bonchev–Trinajstić information content (AvgIpc) is 2.63. The van der Waals surface area contributed by atoms with Gasteiger partial charge in [-0.05, 0) is 49.2 Å². The largest absolute Gasteiger partial charge is 0.422 e. The first kappa shape index (κ1) is 21.6. The molecular formula is C21H22N2O4. The zero-order chi connectivity index (χ0) is 20.2. The van der Waals surface area contributed by atoms with Crippen molar-refractivity contribution >= 4 is 34.7 Å². The van der Waals surface area contributed by atoms with Crippen molar-refractivity contribution in [3.05, 3.63) is 72.8 Å². The molecular weight excluding hydrogens is 344 g/mol.